The molecule has 1 aliphatic rings. The lowest BCUT2D eigenvalue weighted by atomic mass is 10.0. The van der Waals surface area contributed by atoms with E-state index in [-0.39, 0.29) is 18.9 Å². The normalized spacial score (nSPS) is 15.4. The van der Waals surface area contributed by atoms with Gasteiger partial charge < -0.3 is 24.8 Å². The van der Waals surface area contributed by atoms with Gasteiger partial charge in [-0.1, -0.05) is 25.1 Å². The van der Waals surface area contributed by atoms with Crippen LogP contribution in [0.25, 0.3) is 10.9 Å². The predicted molar refractivity (Wildman–Crippen MR) is 108 cm³/mol. The molecule has 0 spiro atoms. The second kappa shape index (κ2) is 7.25. The minimum atomic E-state index is -0.762. The summed E-state index contributed by atoms with van der Waals surface area (Å²) in [6.07, 6.45) is 0.190. The van der Waals surface area contributed by atoms with Gasteiger partial charge in [-0.15, -0.1) is 0 Å². The van der Waals surface area contributed by atoms with Gasteiger partial charge in [0.05, 0.1) is 12.6 Å². The molecule has 3 aromatic rings. The number of hydrogen-bond acceptors (Lipinski definition) is 4. The summed E-state index contributed by atoms with van der Waals surface area (Å²) in [6, 6.07) is 10.9. The smallest absolute Gasteiger partial charge is 0.157 e. The van der Waals surface area contributed by atoms with Crippen LogP contribution in [0.3, 0.4) is 0 Å². The Labute approximate surface area is 160 Å². The second-order valence-corrected chi connectivity index (χ2v) is 7.31. The van der Waals surface area contributed by atoms with Crippen LogP contribution in [0.1, 0.15) is 35.9 Å². The molecule has 1 unspecified atom stereocenters. The first-order valence-corrected chi connectivity index (χ1v) is 8.93. The van der Waals surface area contributed by atoms with Gasteiger partial charge in [-0.3, -0.25) is 0 Å². The molecule has 0 aliphatic carbocycles. The number of phenolic OH excluding ortho intramolecular Hbond substituents is 2. The largest absolute Gasteiger partial charge is 0.504 e. The number of fused-ring (bicyclic) bond motifs is 3. The van der Waals surface area contributed by atoms with Crippen molar-refractivity contribution in [2.45, 2.75) is 40.0 Å². The molecule has 0 fully saturated rings. The van der Waals surface area contributed by atoms with Crippen molar-refractivity contribution in [2.75, 3.05) is 13.6 Å². The summed E-state index contributed by atoms with van der Waals surface area (Å²) in [5, 5.41) is 31.2. The first-order valence-electron chi connectivity index (χ1n) is 8.93. The maximum atomic E-state index is 10.8. The monoisotopic (exact) mass is 368 g/mol. The molecular weight excluding hydrogens is 340 g/mol. The number of nitrogens with zero attached hydrogens (tertiary/aromatic N) is 2. The molecule has 5 nitrogen and oxygen atoms in total. The van der Waals surface area contributed by atoms with E-state index in [2.05, 4.69) is 41.6 Å². The van der Waals surface area contributed by atoms with E-state index in [4.69, 9.17) is 0 Å². The first kappa shape index (κ1) is 19.3. The average molecular weight is 368 g/mol. The SMILES string of the molecule is C.Cc1ccc2c(c1)c1c(n2CC(O)c2ccc(O)c(O)c2)CCN(C)C1. The molecule has 27 heavy (non-hydrogen) atoms. The van der Waals surface area contributed by atoms with E-state index < -0.39 is 6.10 Å². The summed E-state index contributed by atoms with van der Waals surface area (Å²) in [4.78, 5) is 2.32. The highest BCUT2D eigenvalue weighted by molar-refractivity contribution is 5.86. The molecule has 0 saturated heterocycles. The fourth-order valence-electron chi connectivity index (χ4n) is 3.93. The van der Waals surface area contributed by atoms with Gasteiger partial charge in [0.2, 0.25) is 0 Å². The minimum absolute atomic E-state index is 0. The summed E-state index contributed by atoms with van der Waals surface area (Å²) in [5.74, 6) is -0.388. The summed E-state index contributed by atoms with van der Waals surface area (Å²) in [6.45, 7) is 4.43. The Morgan fingerprint density at radius 1 is 1.07 bits per heavy atom. The summed E-state index contributed by atoms with van der Waals surface area (Å²) in [5.41, 5.74) is 5.59. The predicted octanol–water partition coefficient (Wildman–Crippen LogP) is 3.72. The number of aliphatic hydroxyl groups excluding tert-OH is 1. The van der Waals surface area contributed by atoms with Crippen molar-refractivity contribution in [3.05, 3.63) is 58.8 Å². The van der Waals surface area contributed by atoms with Gasteiger partial charge in [0.25, 0.3) is 0 Å². The molecule has 5 heteroatoms. The van der Waals surface area contributed by atoms with Gasteiger partial charge in [0.15, 0.2) is 11.5 Å². The van der Waals surface area contributed by atoms with Crippen LogP contribution < -0.4 is 0 Å². The van der Waals surface area contributed by atoms with Crippen LogP contribution in [0.4, 0.5) is 0 Å². The number of aromatic hydroxyl groups is 2. The highest BCUT2D eigenvalue weighted by Crippen LogP contribution is 2.34. The van der Waals surface area contributed by atoms with Crippen molar-refractivity contribution in [3.8, 4) is 11.5 Å². The molecule has 3 N–H and O–H groups in total. The number of likely N-dealkylation sites (N-methyl/N-ethyl adjacent to an activating group) is 1. The number of aliphatic hydroxyl groups is 1. The van der Waals surface area contributed by atoms with Crippen molar-refractivity contribution in [1.29, 1.82) is 0 Å². The third-order valence-electron chi connectivity index (χ3n) is 5.34. The Bertz CT molecular complexity index is 977. The summed E-state index contributed by atoms with van der Waals surface area (Å²) < 4.78 is 2.21. The zero-order chi connectivity index (χ0) is 18.4. The van der Waals surface area contributed by atoms with E-state index in [0.29, 0.717) is 12.1 Å². The summed E-state index contributed by atoms with van der Waals surface area (Å²) in [7, 11) is 2.13. The average Bonchev–Trinajstić information content (AvgIpc) is 2.90. The van der Waals surface area contributed by atoms with Gasteiger partial charge in [0, 0.05) is 36.1 Å². The standard InChI is InChI=1S/C21H24N2O3.CH4/c1-13-3-5-17-15(9-13)16-11-22(2)8-7-18(16)23(17)12-21(26)14-4-6-19(24)20(25)10-14;/h3-6,9-10,21,24-26H,7-8,11-12H2,1-2H3;1H4. The molecule has 1 aromatic heterocycles. The van der Waals surface area contributed by atoms with Crippen molar-refractivity contribution in [3.63, 3.8) is 0 Å². The molecule has 4 rings (SSSR count). The lowest BCUT2D eigenvalue weighted by molar-refractivity contribution is 0.155. The number of aryl methyl sites for hydroxylation is 1. The quantitative estimate of drug-likeness (QED) is 0.617. The molecule has 0 amide bonds. The fourth-order valence-corrected chi connectivity index (χ4v) is 3.93. The molecule has 1 atom stereocenters. The molecule has 0 saturated carbocycles. The van der Waals surface area contributed by atoms with Crippen LogP contribution in [-0.4, -0.2) is 38.4 Å². The van der Waals surface area contributed by atoms with E-state index in [9.17, 15) is 15.3 Å². The lowest BCUT2D eigenvalue weighted by Gasteiger charge is -2.25. The zero-order valence-electron chi connectivity index (χ0n) is 15.1. The highest BCUT2D eigenvalue weighted by Gasteiger charge is 2.24. The van der Waals surface area contributed by atoms with Gasteiger partial charge in [-0.2, -0.15) is 0 Å². The van der Waals surface area contributed by atoms with Crippen molar-refractivity contribution >= 4 is 10.9 Å². The van der Waals surface area contributed by atoms with Crippen LogP contribution in [-0.2, 0) is 19.5 Å². The molecule has 2 aromatic carbocycles. The lowest BCUT2D eigenvalue weighted by Crippen LogP contribution is -2.27. The van der Waals surface area contributed by atoms with E-state index >= 15 is 0 Å². The Morgan fingerprint density at radius 3 is 2.59 bits per heavy atom. The van der Waals surface area contributed by atoms with Crippen molar-refractivity contribution in [1.82, 2.24) is 9.47 Å². The third-order valence-corrected chi connectivity index (χ3v) is 5.34. The van der Waals surface area contributed by atoms with Gasteiger partial charge in [0.1, 0.15) is 0 Å². The van der Waals surface area contributed by atoms with E-state index in [1.165, 1.54) is 34.3 Å². The zero-order valence-corrected chi connectivity index (χ0v) is 15.1. The van der Waals surface area contributed by atoms with Crippen LogP contribution in [0.15, 0.2) is 36.4 Å². The molecule has 0 bridgehead atoms. The van der Waals surface area contributed by atoms with Gasteiger partial charge in [-0.05, 0) is 49.4 Å². The maximum absolute atomic E-state index is 10.8. The number of phenols is 2. The van der Waals surface area contributed by atoms with Crippen LogP contribution in [0.2, 0.25) is 0 Å². The number of aromatic nitrogens is 1. The molecule has 2 heterocycles. The first-order chi connectivity index (χ1) is 12.4. The van der Waals surface area contributed by atoms with Crippen molar-refractivity contribution in [2.24, 2.45) is 0 Å². The minimum Gasteiger partial charge on any atom is -0.504 e. The fraction of sp³-hybridized carbons (Fsp3) is 0.364. The molecule has 144 valence electrons. The van der Waals surface area contributed by atoms with Crippen LogP contribution in [0, 0.1) is 6.92 Å². The third kappa shape index (κ3) is 3.40. The Balaban J connectivity index is 0.00000210. The number of rotatable bonds is 3. The Hall–Kier alpha value is -2.50. The van der Waals surface area contributed by atoms with Gasteiger partial charge >= 0.3 is 0 Å². The number of benzene rings is 2. The van der Waals surface area contributed by atoms with Gasteiger partial charge in [-0.25, -0.2) is 0 Å². The van der Waals surface area contributed by atoms with E-state index in [1.807, 2.05) is 0 Å². The topological polar surface area (TPSA) is 68.9 Å². The van der Waals surface area contributed by atoms with E-state index in [1.54, 1.807) is 6.07 Å². The Morgan fingerprint density at radius 2 is 1.85 bits per heavy atom. The van der Waals surface area contributed by atoms with Crippen molar-refractivity contribution < 1.29 is 15.3 Å². The maximum Gasteiger partial charge on any atom is 0.157 e. The second-order valence-electron chi connectivity index (χ2n) is 7.31. The molecule has 0 radical (unpaired) electrons. The molecule has 1 aliphatic heterocycles. The number of hydrogen-bond donors (Lipinski definition) is 3. The summed E-state index contributed by atoms with van der Waals surface area (Å²) >= 11 is 0. The Kier molecular flexibility index (Phi) is 5.18. The molecular formula is C22H28N2O3. The van der Waals surface area contributed by atoms with Crippen LogP contribution >= 0.6 is 0 Å². The van der Waals surface area contributed by atoms with Crippen LogP contribution in [0.5, 0.6) is 11.5 Å². The van der Waals surface area contributed by atoms with E-state index in [0.717, 1.165) is 25.0 Å². The highest BCUT2D eigenvalue weighted by atomic mass is 16.3.